The Morgan fingerprint density at radius 3 is 0.753 bits per heavy atom. The monoisotopic (exact) mass is 3020 g/mol. The molecule has 8 aromatic carbocycles. The lowest BCUT2D eigenvalue weighted by Gasteiger charge is -2.00. The van der Waals surface area contributed by atoms with Crippen LogP contribution in [0.2, 0.25) is 10.2 Å². The van der Waals surface area contributed by atoms with Gasteiger partial charge in [0.1, 0.15) is 82.0 Å². The lowest BCUT2D eigenvalue weighted by Crippen LogP contribution is -1.96. The Balaban J connectivity index is 0.000000804. The Bertz CT molecular complexity index is 6000. The number of carbonyl (C=O) groups excluding carboxylic acids is 15. The van der Waals surface area contributed by atoms with Crippen LogP contribution < -0.4 is 0 Å². The number of halogens is 19. The molecule has 7 heterocycles. The van der Waals surface area contributed by atoms with E-state index in [0.29, 0.717) is 99.6 Å². The highest BCUT2D eigenvalue weighted by molar-refractivity contribution is 9.12. The number of pyridine rings is 7. The number of aryl methyl sites for hydroxylation is 11. The summed E-state index contributed by atoms with van der Waals surface area (Å²) in [6, 6.07) is 58.8. The molecule has 0 aliphatic rings. The summed E-state index contributed by atoms with van der Waals surface area (Å²) < 4.78 is 38.1. The van der Waals surface area contributed by atoms with Gasteiger partial charge >= 0.3 is 0 Å². The highest BCUT2D eigenvalue weighted by Gasteiger charge is 2.11. The number of aromatic nitrogens is 7. The van der Waals surface area contributed by atoms with Crippen LogP contribution in [-0.4, -0.2) is 129 Å². The fourth-order valence-electron chi connectivity index (χ4n) is 10.3. The Labute approximate surface area is 1000 Å². The van der Waals surface area contributed by atoms with Crippen LogP contribution >= 0.6 is 262 Å². The molecular weight excluding hydrogens is 2950 g/mol. The topological polar surface area (TPSA) is 346 Å². The number of hydrogen-bond acceptors (Lipinski definition) is 22. The van der Waals surface area contributed by atoms with E-state index in [1.165, 1.54) is 18.5 Å². The van der Waals surface area contributed by atoms with E-state index in [-0.39, 0.29) is 16.3 Å². The molecule has 780 valence electrons. The normalized spacial score (nSPS) is 9.40. The first-order valence-electron chi connectivity index (χ1n) is 42.1. The third-order valence-electron chi connectivity index (χ3n) is 18.4. The standard InChI is InChI=1S/C8H6BrClO.C8H6BrFO.5C8H7BrO.C7H5BrClNO.C7H5BrFNO.2C7H6BrNO.C7H5BrO.3C6H4BrNO/c2*1-5-2-6(9)3-8(10)7(5)4-11;5*1-6-4-8(9)3-2-7(6)5-10;2*1-4-2-6(8)10-7(9)5(4)3-11;2*1-5-2-7(8)9-3-6(5)4-10;8-7-3-1-6(5-9)2-4-7;7-5-1-2-6(4-9)8-3-5;2*7-6-2-1-5(4-9)3-8-6/h2*2-4H,1H3;5*2-5H,1H3;2*2-3H,1H3;2*2-4H,1H3;1-5H;3*1-4H. The van der Waals surface area contributed by atoms with Gasteiger partial charge in [-0.2, -0.15) is 4.39 Å². The Morgan fingerprint density at radius 2 is 0.487 bits per heavy atom. The van der Waals surface area contributed by atoms with Crippen molar-refractivity contribution in [2.24, 2.45) is 0 Å². The van der Waals surface area contributed by atoms with Gasteiger partial charge in [0.2, 0.25) is 5.95 Å². The molecule has 7 aromatic heterocycles. The minimum Gasteiger partial charge on any atom is -0.298 e. The molecule has 0 saturated heterocycles. The second-order valence-corrected chi connectivity index (χ2v) is 43.3. The maximum atomic E-state index is 12.9. The summed E-state index contributed by atoms with van der Waals surface area (Å²) in [4.78, 5) is 180. The van der Waals surface area contributed by atoms with Gasteiger partial charge in [-0.05, 0) is 407 Å². The average molecular weight is 3040 g/mol. The van der Waals surface area contributed by atoms with E-state index in [1.54, 1.807) is 136 Å². The molecule has 41 heteroatoms. The van der Waals surface area contributed by atoms with Crippen molar-refractivity contribution >= 4 is 356 Å². The van der Waals surface area contributed by atoms with E-state index < -0.39 is 11.8 Å². The third-order valence-corrected chi connectivity index (χ3v) is 26.0. The summed E-state index contributed by atoms with van der Waals surface area (Å²) >= 11 is 59.7. The van der Waals surface area contributed by atoms with Crippen molar-refractivity contribution in [3.8, 4) is 0 Å². The summed E-state index contributed by atoms with van der Waals surface area (Å²) in [5.74, 6) is -1.21. The van der Waals surface area contributed by atoms with Crippen LogP contribution in [0, 0.1) is 87.9 Å². The number of rotatable bonds is 15. The zero-order chi connectivity index (χ0) is 113. The van der Waals surface area contributed by atoms with Gasteiger partial charge in [0.25, 0.3) is 0 Å². The molecular formula is C109H86Br15Cl2F2N7O15. The van der Waals surface area contributed by atoms with E-state index in [1.807, 2.05) is 153 Å². The van der Waals surface area contributed by atoms with Gasteiger partial charge in [-0.1, -0.05) is 193 Å². The Hall–Kier alpha value is -9.50. The molecule has 22 nitrogen and oxygen atoms in total. The molecule has 0 bridgehead atoms. The van der Waals surface area contributed by atoms with E-state index in [4.69, 9.17) is 23.2 Å². The second kappa shape index (κ2) is 77.8. The van der Waals surface area contributed by atoms with Crippen molar-refractivity contribution in [3.05, 3.63) is 466 Å². The van der Waals surface area contributed by atoms with E-state index in [9.17, 15) is 80.7 Å². The number of carbonyl (C=O) groups is 15. The first kappa shape index (κ1) is 139. The minimum atomic E-state index is -0.730. The highest BCUT2D eigenvalue weighted by atomic mass is 79.9. The van der Waals surface area contributed by atoms with Gasteiger partial charge in [-0.15, -0.1) is 0 Å². The first-order valence-corrected chi connectivity index (χ1v) is 54.7. The Kier molecular flexibility index (Phi) is 71.8. The van der Waals surface area contributed by atoms with Gasteiger partial charge in [-0.3, -0.25) is 76.9 Å². The molecule has 15 aromatic rings. The molecule has 0 amide bonds. The quantitative estimate of drug-likeness (QED) is 0.0679. The molecule has 0 unspecified atom stereocenters. The lowest BCUT2D eigenvalue weighted by atomic mass is 10.1. The van der Waals surface area contributed by atoms with Crippen LogP contribution in [-0.2, 0) is 0 Å². The van der Waals surface area contributed by atoms with Crippen LogP contribution in [0.25, 0.3) is 0 Å². The van der Waals surface area contributed by atoms with Crippen molar-refractivity contribution in [1.29, 1.82) is 0 Å². The van der Waals surface area contributed by atoms with Crippen molar-refractivity contribution in [2.75, 3.05) is 0 Å². The fraction of sp³-hybridized carbons (Fsp3) is 0.101. The number of benzene rings is 8. The molecule has 0 N–H and O–H groups in total. The first-order chi connectivity index (χ1) is 71.0. The maximum Gasteiger partial charge on any atom is 0.224 e. The van der Waals surface area contributed by atoms with E-state index in [0.717, 1.165) is 201 Å². The zero-order valence-electron chi connectivity index (χ0n) is 80.5. The van der Waals surface area contributed by atoms with Gasteiger partial charge in [0.05, 0.1) is 21.7 Å². The molecule has 0 aliphatic carbocycles. The van der Waals surface area contributed by atoms with E-state index >= 15 is 0 Å². The van der Waals surface area contributed by atoms with Crippen LogP contribution in [0.5, 0.6) is 0 Å². The molecule has 150 heavy (non-hydrogen) atoms. The van der Waals surface area contributed by atoms with Crippen molar-refractivity contribution in [2.45, 2.75) is 76.2 Å². The SMILES string of the molecule is Cc1cc(Br)cc(Cl)c1C=O.Cc1cc(Br)cc(F)c1C=O.Cc1cc(Br)ccc1C=O.Cc1cc(Br)ccc1C=O.Cc1cc(Br)ccc1C=O.Cc1cc(Br)ccc1C=O.Cc1cc(Br)ccc1C=O.Cc1cc(Br)nc(Cl)c1C=O.Cc1cc(Br)nc(F)c1C=O.Cc1cc(Br)ncc1C=O.Cc1cc(Br)ncc1C=O.O=Cc1ccc(Br)cc1.O=Cc1ccc(Br)cn1.O=Cc1ccc(Br)nc1.O=Cc1ccc(Br)nc1. The largest absolute Gasteiger partial charge is 0.298 e. The highest BCUT2D eigenvalue weighted by Crippen LogP contribution is 2.27. The van der Waals surface area contributed by atoms with Crippen LogP contribution in [0.4, 0.5) is 8.78 Å². The van der Waals surface area contributed by atoms with Gasteiger partial charge < -0.3 is 0 Å². The summed E-state index contributed by atoms with van der Waals surface area (Å²) in [5.41, 5.74) is 18.4. The number of hydrogen-bond donors (Lipinski definition) is 0. The van der Waals surface area contributed by atoms with Crippen LogP contribution in [0.1, 0.15) is 217 Å². The number of nitrogens with zero attached hydrogens (tertiary/aromatic N) is 7. The lowest BCUT2D eigenvalue weighted by molar-refractivity contribution is 0.111. The van der Waals surface area contributed by atoms with Crippen LogP contribution in [0.3, 0.4) is 0 Å². The third kappa shape index (κ3) is 56.4. The summed E-state index contributed by atoms with van der Waals surface area (Å²) in [7, 11) is 0. The summed E-state index contributed by atoms with van der Waals surface area (Å²) in [6.07, 6.45) is 19.1. The van der Waals surface area contributed by atoms with Gasteiger partial charge in [0.15, 0.2) is 56.6 Å². The second-order valence-electron chi connectivity index (χ2n) is 29.4. The molecule has 0 atom stereocenters. The molecule has 0 aliphatic heterocycles. The molecule has 15 rings (SSSR count). The van der Waals surface area contributed by atoms with Crippen LogP contribution in [0.15, 0.2) is 299 Å². The molecule has 0 radical (unpaired) electrons. The smallest absolute Gasteiger partial charge is 0.224 e. The van der Waals surface area contributed by atoms with Crippen molar-refractivity contribution in [1.82, 2.24) is 34.9 Å². The average Bonchev–Trinajstić information content (AvgIpc) is 0.862. The predicted molar refractivity (Wildman–Crippen MR) is 640 cm³/mol. The van der Waals surface area contributed by atoms with Crippen molar-refractivity contribution in [3.63, 3.8) is 0 Å². The minimum absolute atomic E-state index is 0.0215. The Morgan fingerprint density at radius 1 is 0.207 bits per heavy atom. The molecule has 0 saturated carbocycles. The number of aldehydes is 15. The van der Waals surface area contributed by atoms with Gasteiger partial charge in [0, 0.05) is 132 Å². The maximum absolute atomic E-state index is 12.9. The molecule has 0 fully saturated rings. The van der Waals surface area contributed by atoms with E-state index in [2.05, 4.69) is 274 Å². The summed E-state index contributed by atoms with van der Waals surface area (Å²) in [5, 5.41) is 0.735. The summed E-state index contributed by atoms with van der Waals surface area (Å²) in [6.45, 7) is 20.3. The van der Waals surface area contributed by atoms with Crippen molar-refractivity contribution < 1.29 is 80.7 Å². The fourth-order valence-corrected chi connectivity index (χ4v) is 17.5. The zero-order valence-corrected chi connectivity index (χ0v) is 106. The predicted octanol–water partition coefficient (Wildman–Crippen LogP) is 34.7. The van der Waals surface area contributed by atoms with Gasteiger partial charge in [-0.25, -0.2) is 34.3 Å². The molecule has 0 spiro atoms.